The first kappa shape index (κ1) is 15.4. The van der Waals surface area contributed by atoms with Gasteiger partial charge >= 0.3 is 0 Å². The molecule has 4 nitrogen and oxygen atoms in total. The first-order chi connectivity index (χ1) is 10.2. The molecular weight excluding hydrogens is 290 g/mol. The minimum absolute atomic E-state index is 0.233. The van der Waals surface area contributed by atoms with Crippen LogP contribution in [0.15, 0.2) is 42.5 Å². The number of anilines is 1. The number of ether oxygens (including phenoxy) is 2. The van der Waals surface area contributed by atoms with E-state index in [2.05, 4.69) is 5.32 Å². The Balaban J connectivity index is 2.23. The molecule has 0 spiro atoms. The Hall–Kier alpha value is -2.04. The molecule has 2 aromatic rings. The second-order valence-corrected chi connectivity index (χ2v) is 4.80. The minimum Gasteiger partial charge on any atom is -0.496 e. The molecule has 5 heteroatoms. The maximum Gasteiger partial charge on any atom is 0.255 e. The molecule has 0 aromatic heterocycles. The Kier molecular flexibility index (Phi) is 5.20. The van der Waals surface area contributed by atoms with Crippen LogP contribution in [0, 0.1) is 0 Å². The zero-order valence-corrected chi connectivity index (χ0v) is 12.6. The normalized spacial score (nSPS) is 10.2. The highest BCUT2D eigenvalue weighted by molar-refractivity contribution is 6.33. The van der Waals surface area contributed by atoms with Crippen LogP contribution in [0.1, 0.15) is 15.9 Å². The zero-order chi connectivity index (χ0) is 15.2. The molecule has 0 aliphatic carbocycles. The van der Waals surface area contributed by atoms with E-state index in [-0.39, 0.29) is 5.91 Å². The van der Waals surface area contributed by atoms with E-state index >= 15 is 0 Å². The first-order valence-corrected chi connectivity index (χ1v) is 6.75. The molecule has 0 saturated carbocycles. The summed E-state index contributed by atoms with van der Waals surface area (Å²) in [6.45, 7) is 0.371. The fraction of sp³-hybridized carbons (Fsp3) is 0.188. The predicted octanol–water partition coefficient (Wildman–Crippen LogP) is 3.75. The zero-order valence-electron chi connectivity index (χ0n) is 11.9. The molecule has 1 N–H and O–H groups in total. The SMILES string of the molecule is COCc1cc(C(=O)Nc2ccccc2Cl)ccc1OC. The monoisotopic (exact) mass is 305 g/mol. The average molecular weight is 306 g/mol. The number of halogens is 1. The lowest BCUT2D eigenvalue weighted by atomic mass is 10.1. The van der Waals surface area contributed by atoms with E-state index in [1.807, 2.05) is 12.1 Å². The number of carbonyl (C=O) groups is 1. The molecule has 0 unspecified atom stereocenters. The van der Waals surface area contributed by atoms with Gasteiger partial charge in [-0.2, -0.15) is 0 Å². The molecule has 0 saturated heterocycles. The molecule has 0 fully saturated rings. The van der Waals surface area contributed by atoms with Crippen LogP contribution in [0.5, 0.6) is 5.75 Å². The number of amides is 1. The van der Waals surface area contributed by atoms with Crippen LogP contribution in [0.4, 0.5) is 5.69 Å². The van der Waals surface area contributed by atoms with Gasteiger partial charge in [0.05, 0.1) is 24.4 Å². The van der Waals surface area contributed by atoms with Crippen molar-refractivity contribution in [2.75, 3.05) is 19.5 Å². The molecule has 21 heavy (non-hydrogen) atoms. The molecule has 110 valence electrons. The average Bonchev–Trinajstić information content (AvgIpc) is 2.50. The summed E-state index contributed by atoms with van der Waals surface area (Å²) in [5.41, 5.74) is 1.91. The van der Waals surface area contributed by atoms with Gasteiger partial charge < -0.3 is 14.8 Å². The second-order valence-electron chi connectivity index (χ2n) is 4.39. The number of benzene rings is 2. The quantitative estimate of drug-likeness (QED) is 0.915. The van der Waals surface area contributed by atoms with E-state index in [1.54, 1.807) is 44.6 Å². The van der Waals surface area contributed by atoms with E-state index in [4.69, 9.17) is 21.1 Å². The van der Waals surface area contributed by atoms with Crippen molar-refractivity contribution in [1.82, 2.24) is 0 Å². The van der Waals surface area contributed by atoms with Crippen molar-refractivity contribution in [3.63, 3.8) is 0 Å². The fourth-order valence-electron chi connectivity index (χ4n) is 1.95. The third-order valence-corrected chi connectivity index (χ3v) is 3.29. The van der Waals surface area contributed by atoms with Crippen molar-refractivity contribution in [1.29, 1.82) is 0 Å². The van der Waals surface area contributed by atoms with Gasteiger partial charge in [0.15, 0.2) is 0 Å². The van der Waals surface area contributed by atoms with E-state index in [9.17, 15) is 4.79 Å². The second kappa shape index (κ2) is 7.11. The third kappa shape index (κ3) is 3.74. The largest absolute Gasteiger partial charge is 0.496 e. The first-order valence-electron chi connectivity index (χ1n) is 6.37. The summed E-state index contributed by atoms with van der Waals surface area (Å²) in [4.78, 5) is 12.3. The van der Waals surface area contributed by atoms with Gasteiger partial charge in [-0.1, -0.05) is 23.7 Å². The molecule has 0 heterocycles. The van der Waals surface area contributed by atoms with E-state index in [1.165, 1.54) is 0 Å². The number of nitrogens with one attached hydrogen (secondary N) is 1. The van der Waals surface area contributed by atoms with E-state index in [0.29, 0.717) is 28.6 Å². The van der Waals surface area contributed by atoms with Crippen LogP contribution in [0.3, 0.4) is 0 Å². The Labute approximate surface area is 128 Å². The van der Waals surface area contributed by atoms with E-state index < -0.39 is 0 Å². The summed E-state index contributed by atoms with van der Waals surface area (Å²) in [5, 5.41) is 3.28. The molecule has 2 rings (SSSR count). The lowest BCUT2D eigenvalue weighted by Crippen LogP contribution is -2.12. The van der Waals surface area contributed by atoms with Crippen LogP contribution < -0.4 is 10.1 Å². The highest BCUT2D eigenvalue weighted by atomic mass is 35.5. The molecule has 0 radical (unpaired) electrons. The third-order valence-electron chi connectivity index (χ3n) is 2.96. The highest BCUT2D eigenvalue weighted by Crippen LogP contribution is 2.24. The van der Waals surface area contributed by atoms with Crippen LogP contribution in [0.2, 0.25) is 5.02 Å². The van der Waals surface area contributed by atoms with Gasteiger partial charge in [-0.15, -0.1) is 0 Å². The van der Waals surface area contributed by atoms with Crippen molar-refractivity contribution >= 4 is 23.2 Å². The summed E-state index contributed by atoms with van der Waals surface area (Å²) in [6.07, 6.45) is 0. The van der Waals surface area contributed by atoms with Crippen LogP contribution in [0.25, 0.3) is 0 Å². The van der Waals surface area contributed by atoms with Crippen molar-refractivity contribution < 1.29 is 14.3 Å². The van der Waals surface area contributed by atoms with E-state index in [0.717, 1.165) is 5.56 Å². The molecule has 0 aliphatic rings. The van der Waals surface area contributed by atoms with Gasteiger partial charge in [0.25, 0.3) is 5.91 Å². The van der Waals surface area contributed by atoms with Gasteiger partial charge in [0.2, 0.25) is 0 Å². The summed E-state index contributed by atoms with van der Waals surface area (Å²) >= 11 is 6.03. The molecule has 0 bridgehead atoms. The van der Waals surface area contributed by atoms with Crippen molar-refractivity contribution in [2.24, 2.45) is 0 Å². The molecule has 0 atom stereocenters. The van der Waals surface area contributed by atoms with Gasteiger partial charge in [-0.25, -0.2) is 0 Å². The van der Waals surface area contributed by atoms with Crippen molar-refractivity contribution in [2.45, 2.75) is 6.61 Å². The van der Waals surface area contributed by atoms with Gasteiger partial charge in [0.1, 0.15) is 5.75 Å². The van der Waals surface area contributed by atoms with Crippen LogP contribution in [-0.2, 0) is 11.3 Å². The fourth-order valence-corrected chi connectivity index (χ4v) is 2.13. The Morgan fingerprint density at radius 1 is 1.19 bits per heavy atom. The lowest BCUT2D eigenvalue weighted by molar-refractivity contribution is 0.102. The highest BCUT2D eigenvalue weighted by Gasteiger charge is 2.11. The number of hydrogen-bond acceptors (Lipinski definition) is 3. The van der Waals surface area contributed by atoms with Crippen LogP contribution in [-0.4, -0.2) is 20.1 Å². The minimum atomic E-state index is -0.233. The van der Waals surface area contributed by atoms with Crippen molar-refractivity contribution in [3.05, 3.63) is 58.6 Å². The van der Waals surface area contributed by atoms with Gasteiger partial charge in [0, 0.05) is 18.2 Å². The summed E-state index contributed by atoms with van der Waals surface area (Å²) in [5.74, 6) is 0.453. The maximum absolute atomic E-state index is 12.3. The molecular formula is C16H16ClNO3. The molecule has 0 aliphatic heterocycles. The smallest absolute Gasteiger partial charge is 0.255 e. The Morgan fingerprint density at radius 3 is 2.62 bits per heavy atom. The summed E-state index contributed by atoms with van der Waals surface area (Å²) in [7, 11) is 3.17. The number of hydrogen-bond donors (Lipinski definition) is 1. The topological polar surface area (TPSA) is 47.6 Å². The standard InChI is InChI=1S/C16H16ClNO3/c1-20-10-12-9-11(7-8-15(12)21-2)16(19)18-14-6-4-3-5-13(14)17/h3-9H,10H2,1-2H3,(H,18,19). The van der Waals surface area contributed by atoms with Gasteiger partial charge in [-0.3, -0.25) is 4.79 Å². The molecule has 2 aromatic carbocycles. The number of para-hydroxylation sites is 1. The number of rotatable bonds is 5. The Morgan fingerprint density at radius 2 is 1.95 bits per heavy atom. The molecule has 1 amide bonds. The Bertz CT molecular complexity index is 643. The van der Waals surface area contributed by atoms with Crippen LogP contribution >= 0.6 is 11.6 Å². The summed E-state index contributed by atoms with van der Waals surface area (Å²) in [6, 6.07) is 12.3. The maximum atomic E-state index is 12.3. The lowest BCUT2D eigenvalue weighted by Gasteiger charge is -2.11. The predicted molar refractivity (Wildman–Crippen MR) is 83.1 cm³/mol. The van der Waals surface area contributed by atoms with Gasteiger partial charge in [-0.05, 0) is 30.3 Å². The number of carbonyl (C=O) groups excluding carboxylic acids is 1. The number of methoxy groups -OCH3 is 2. The summed E-state index contributed by atoms with van der Waals surface area (Å²) < 4.78 is 10.3. The van der Waals surface area contributed by atoms with Crippen molar-refractivity contribution in [3.8, 4) is 5.75 Å².